The van der Waals surface area contributed by atoms with Crippen LogP contribution in [0.5, 0.6) is 0 Å². The zero-order valence-corrected chi connectivity index (χ0v) is 8.62. The van der Waals surface area contributed by atoms with Gasteiger partial charge in [0, 0.05) is 11.6 Å². The third-order valence-corrected chi connectivity index (χ3v) is 3.07. The van der Waals surface area contributed by atoms with Crippen LogP contribution in [0.1, 0.15) is 18.0 Å². The first kappa shape index (κ1) is 10.4. The second-order valence-electron chi connectivity index (χ2n) is 4.23. The van der Waals surface area contributed by atoms with Crippen molar-refractivity contribution in [3.05, 3.63) is 17.8 Å². The van der Waals surface area contributed by atoms with Crippen LogP contribution in [-0.4, -0.2) is 21.4 Å². The van der Waals surface area contributed by atoms with Crippen LogP contribution >= 0.6 is 0 Å². The van der Waals surface area contributed by atoms with Crippen molar-refractivity contribution >= 4 is 16.9 Å². The van der Waals surface area contributed by atoms with Gasteiger partial charge in [0.25, 0.3) is 0 Å². The number of aromatic nitrogens is 3. The lowest BCUT2D eigenvalue weighted by Gasteiger charge is -2.04. The number of rotatable bonds is 1. The van der Waals surface area contributed by atoms with Gasteiger partial charge in [-0.3, -0.25) is 5.10 Å². The number of H-pyrrole nitrogens is 1. The highest BCUT2D eigenvalue weighted by Crippen LogP contribution is 2.55. The van der Waals surface area contributed by atoms with Gasteiger partial charge in [0.1, 0.15) is 0 Å². The molecule has 1 aliphatic rings. The van der Waals surface area contributed by atoms with E-state index in [9.17, 15) is 13.2 Å². The lowest BCUT2D eigenvalue weighted by Crippen LogP contribution is -2.11. The molecule has 3 N–H and O–H groups in total. The molecule has 0 aromatic carbocycles. The third kappa shape index (κ3) is 1.62. The number of pyridine rings is 1. The van der Waals surface area contributed by atoms with Gasteiger partial charge in [-0.1, -0.05) is 0 Å². The van der Waals surface area contributed by atoms with Crippen molar-refractivity contribution in [3.63, 3.8) is 0 Å². The summed E-state index contributed by atoms with van der Waals surface area (Å²) in [5.41, 5.74) is 6.44. The second-order valence-corrected chi connectivity index (χ2v) is 4.23. The first-order valence-corrected chi connectivity index (χ1v) is 5.14. The minimum absolute atomic E-state index is 0.117. The summed E-state index contributed by atoms with van der Waals surface area (Å²) in [6, 6.07) is 3.24. The van der Waals surface area contributed by atoms with Gasteiger partial charge < -0.3 is 5.73 Å². The van der Waals surface area contributed by atoms with E-state index in [2.05, 4.69) is 15.2 Å². The van der Waals surface area contributed by atoms with E-state index in [4.69, 9.17) is 5.73 Å². The molecule has 0 radical (unpaired) electrons. The lowest BCUT2D eigenvalue weighted by molar-refractivity contribution is -0.148. The fourth-order valence-corrected chi connectivity index (χ4v) is 2.03. The van der Waals surface area contributed by atoms with Gasteiger partial charge >= 0.3 is 6.18 Å². The van der Waals surface area contributed by atoms with E-state index < -0.39 is 18.0 Å². The van der Waals surface area contributed by atoms with Crippen LogP contribution in [0, 0.1) is 5.92 Å². The molecule has 2 atom stereocenters. The molecule has 2 aromatic heterocycles. The summed E-state index contributed by atoms with van der Waals surface area (Å²) in [6.07, 6.45) is -4.01. The standard InChI is InChI=1S/C10H9F3N4/c11-10(12,13)6-3-5(6)7-2-1-4-8(14)16-17-9(4)15-7/h1-2,5-6H,3H2,(H3,14,15,16,17)/t5-,6-/m1/s1. The number of halogens is 3. The van der Waals surface area contributed by atoms with E-state index in [1.165, 1.54) is 0 Å². The average molecular weight is 242 g/mol. The monoisotopic (exact) mass is 242 g/mol. The Hall–Kier alpha value is -1.79. The summed E-state index contributed by atoms with van der Waals surface area (Å²) < 4.78 is 37.3. The van der Waals surface area contributed by atoms with Gasteiger partial charge in [-0.2, -0.15) is 18.3 Å². The van der Waals surface area contributed by atoms with Crippen molar-refractivity contribution in [3.8, 4) is 0 Å². The van der Waals surface area contributed by atoms with E-state index in [1.54, 1.807) is 12.1 Å². The molecule has 2 heterocycles. The van der Waals surface area contributed by atoms with Crippen molar-refractivity contribution in [1.29, 1.82) is 0 Å². The molecule has 0 amide bonds. The van der Waals surface area contributed by atoms with Crippen LogP contribution in [0.2, 0.25) is 0 Å². The summed E-state index contributed by atoms with van der Waals surface area (Å²) in [4.78, 5) is 4.12. The van der Waals surface area contributed by atoms with Crippen molar-refractivity contribution in [2.45, 2.75) is 18.5 Å². The number of aromatic amines is 1. The number of anilines is 1. The Kier molecular flexibility index (Phi) is 1.90. The topological polar surface area (TPSA) is 67.6 Å². The predicted octanol–water partition coefficient (Wildman–Crippen LogP) is 2.21. The van der Waals surface area contributed by atoms with Crippen molar-refractivity contribution < 1.29 is 13.2 Å². The number of nitrogens with two attached hydrogens (primary N) is 1. The molecule has 17 heavy (non-hydrogen) atoms. The Balaban J connectivity index is 1.93. The predicted molar refractivity (Wildman–Crippen MR) is 55.2 cm³/mol. The molecule has 1 fully saturated rings. The average Bonchev–Trinajstić information content (AvgIpc) is 2.99. The minimum atomic E-state index is -4.13. The van der Waals surface area contributed by atoms with Crippen molar-refractivity contribution in [2.75, 3.05) is 5.73 Å². The molecule has 1 saturated carbocycles. The zero-order valence-electron chi connectivity index (χ0n) is 8.62. The highest BCUT2D eigenvalue weighted by Gasteiger charge is 2.56. The molecule has 2 aromatic rings. The number of nitrogens with zero attached hydrogens (tertiary/aromatic N) is 2. The molecule has 0 spiro atoms. The van der Waals surface area contributed by atoms with Gasteiger partial charge in [-0.05, 0) is 18.6 Å². The van der Waals surface area contributed by atoms with Crippen LogP contribution in [0.4, 0.5) is 19.0 Å². The summed E-state index contributed by atoms with van der Waals surface area (Å²) in [5, 5.41) is 6.99. The van der Waals surface area contributed by atoms with Crippen LogP contribution in [0.3, 0.4) is 0 Å². The summed E-state index contributed by atoms with van der Waals surface area (Å²) in [6.45, 7) is 0. The summed E-state index contributed by atoms with van der Waals surface area (Å²) >= 11 is 0. The summed E-state index contributed by atoms with van der Waals surface area (Å²) in [7, 11) is 0. The molecule has 0 unspecified atom stereocenters. The maximum Gasteiger partial charge on any atom is 0.392 e. The molecule has 0 bridgehead atoms. The normalized spacial score (nSPS) is 24.2. The Labute approximate surface area is 94.0 Å². The van der Waals surface area contributed by atoms with E-state index in [-0.39, 0.29) is 6.42 Å². The fraction of sp³-hybridized carbons (Fsp3) is 0.400. The van der Waals surface area contributed by atoms with Gasteiger partial charge in [-0.15, -0.1) is 0 Å². The Morgan fingerprint density at radius 1 is 1.35 bits per heavy atom. The van der Waals surface area contributed by atoms with Crippen molar-refractivity contribution in [2.24, 2.45) is 5.92 Å². The molecule has 0 aliphatic heterocycles. The molecule has 0 saturated heterocycles. The molecular formula is C10H9F3N4. The summed E-state index contributed by atoms with van der Waals surface area (Å²) in [5.74, 6) is -1.47. The number of nitrogens with one attached hydrogen (secondary N) is 1. The number of fused-ring (bicyclic) bond motifs is 1. The smallest absolute Gasteiger partial charge is 0.382 e. The van der Waals surface area contributed by atoms with E-state index in [0.29, 0.717) is 22.5 Å². The largest absolute Gasteiger partial charge is 0.392 e. The van der Waals surface area contributed by atoms with Crippen molar-refractivity contribution in [1.82, 2.24) is 15.2 Å². The van der Waals surface area contributed by atoms with Crippen LogP contribution < -0.4 is 5.73 Å². The number of hydrogen-bond acceptors (Lipinski definition) is 3. The molecule has 7 heteroatoms. The molecule has 90 valence electrons. The van der Waals surface area contributed by atoms with E-state index in [0.717, 1.165) is 0 Å². The number of nitrogen functional groups attached to an aromatic ring is 1. The number of alkyl halides is 3. The Morgan fingerprint density at radius 2 is 2.12 bits per heavy atom. The maximum absolute atomic E-state index is 12.4. The quantitative estimate of drug-likeness (QED) is 0.805. The van der Waals surface area contributed by atoms with E-state index in [1.807, 2.05) is 0 Å². The highest BCUT2D eigenvalue weighted by atomic mass is 19.4. The van der Waals surface area contributed by atoms with Gasteiger partial charge in [0.2, 0.25) is 0 Å². The number of hydrogen-bond donors (Lipinski definition) is 2. The third-order valence-electron chi connectivity index (χ3n) is 3.07. The Bertz CT molecular complexity index is 574. The highest BCUT2D eigenvalue weighted by molar-refractivity contribution is 5.85. The lowest BCUT2D eigenvalue weighted by atomic mass is 10.2. The molecular weight excluding hydrogens is 233 g/mol. The molecule has 3 rings (SSSR count). The Morgan fingerprint density at radius 3 is 2.76 bits per heavy atom. The van der Waals surface area contributed by atoms with Crippen LogP contribution in [0.25, 0.3) is 11.0 Å². The van der Waals surface area contributed by atoms with Gasteiger partial charge in [0.05, 0.1) is 11.3 Å². The first-order valence-electron chi connectivity index (χ1n) is 5.14. The van der Waals surface area contributed by atoms with E-state index >= 15 is 0 Å². The second kappa shape index (κ2) is 3.12. The van der Waals surface area contributed by atoms with Crippen LogP contribution in [-0.2, 0) is 0 Å². The maximum atomic E-state index is 12.4. The molecule has 1 aliphatic carbocycles. The van der Waals surface area contributed by atoms with Gasteiger partial charge in [-0.25, -0.2) is 4.98 Å². The minimum Gasteiger partial charge on any atom is -0.382 e. The first-order chi connectivity index (χ1) is 7.97. The SMILES string of the molecule is Nc1n[nH]c2nc([C@@H]3C[C@H]3C(F)(F)F)ccc12. The van der Waals surface area contributed by atoms with Crippen LogP contribution in [0.15, 0.2) is 12.1 Å². The molecule has 4 nitrogen and oxygen atoms in total. The zero-order chi connectivity index (χ0) is 12.2. The fourth-order valence-electron chi connectivity index (χ4n) is 2.03. The van der Waals surface area contributed by atoms with Gasteiger partial charge in [0.15, 0.2) is 11.5 Å².